The molecule has 0 bridgehead atoms. The highest BCUT2D eigenvalue weighted by atomic mass is 35.5. The number of hydrogen-bond acceptors (Lipinski definition) is 4. The van der Waals surface area contributed by atoms with E-state index in [1.807, 2.05) is 0 Å². The van der Waals surface area contributed by atoms with E-state index in [0.29, 0.717) is 11.4 Å². The van der Waals surface area contributed by atoms with Crippen molar-refractivity contribution in [1.82, 2.24) is 4.72 Å². The maximum Gasteiger partial charge on any atom is 0.243 e. The summed E-state index contributed by atoms with van der Waals surface area (Å²) in [5.41, 5.74) is 0.394. The Hall–Kier alpha value is -1.96. The number of benzene rings is 2. The molecule has 0 atom stereocenters. The van der Waals surface area contributed by atoms with Crippen LogP contribution < -0.4 is 9.83 Å². The number of rotatable bonds is 6. The molecule has 0 radical (unpaired) electrons. The van der Waals surface area contributed by atoms with Crippen LogP contribution in [0.2, 0.25) is 5.02 Å². The SMILES string of the molecule is O=C([O-])c1ccc(F)c(S(=O)(=O)NCCc2cccc(Cl)c2)c1. The Kier molecular flexibility index (Phi) is 5.35. The lowest BCUT2D eigenvalue weighted by Crippen LogP contribution is -2.28. The normalized spacial score (nSPS) is 11.4. The molecule has 0 aliphatic carbocycles. The monoisotopic (exact) mass is 356 g/mol. The van der Waals surface area contributed by atoms with E-state index in [4.69, 9.17) is 11.6 Å². The van der Waals surface area contributed by atoms with Gasteiger partial charge in [-0.2, -0.15) is 0 Å². The third-order valence-corrected chi connectivity index (χ3v) is 4.76. The Bertz CT molecular complexity index is 839. The molecule has 0 aliphatic rings. The molecule has 2 aromatic carbocycles. The van der Waals surface area contributed by atoms with Crippen molar-refractivity contribution in [3.63, 3.8) is 0 Å². The minimum atomic E-state index is -4.18. The largest absolute Gasteiger partial charge is 0.545 e. The number of carbonyl (C=O) groups excluding carboxylic acids is 1. The third-order valence-electron chi connectivity index (χ3n) is 3.05. The van der Waals surface area contributed by atoms with Crippen LogP contribution in [0.1, 0.15) is 15.9 Å². The Morgan fingerprint density at radius 3 is 2.61 bits per heavy atom. The summed E-state index contributed by atoms with van der Waals surface area (Å²) < 4.78 is 40.1. The van der Waals surface area contributed by atoms with Crippen molar-refractivity contribution in [3.05, 3.63) is 64.4 Å². The lowest BCUT2D eigenvalue weighted by atomic mass is 10.2. The fourth-order valence-electron chi connectivity index (χ4n) is 1.94. The van der Waals surface area contributed by atoms with Crippen LogP contribution in [0.4, 0.5) is 4.39 Å². The lowest BCUT2D eigenvalue weighted by Gasteiger charge is -2.10. The van der Waals surface area contributed by atoms with E-state index in [1.165, 1.54) is 0 Å². The number of hydrogen-bond donors (Lipinski definition) is 1. The van der Waals surface area contributed by atoms with Crippen molar-refractivity contribution in [1.29, 1.82) is 0 Å². The molecule has 0 spiro atoms. The molecular formula is C15H12ClFNO4S-. The minimum Gasteiger partial charge on any atom is -0.545 e. The van der Waals surface area contributed by atoms with Gasteiger partial charge in [-0.25, -0.2) is 17.5 Å². The lowest BCUT2D eigenvalue weighted by molar-refractivity contribution is -0.255. The number of aromatic carboxylic acids is 1. The Labute approximate surface area is 137 Å². The minimum absolute atomic E-state index is 0.0116. The first-order chi connectivity index (χ1) is 10.8. The first kappa shape index (κ1) is 17.4. The highest BCUT2D eigenvalue weighted by Crippen LogP contribution is 2.16. The van der Waals surface area contributed by atoms with Crippen molar-refractivity contribution >= 4 is 27.6 Å². The average molecular weight is 357 g/mol. The van der Waals surface area contributed by atoms with Gasteiger partial charge in [0.2, 0.25) is 10.0 Å². The maximum atomic E-state index is 13.7. The first-order valence-electron chi connectivity index (χ1n) is 6.54. The van der Waals surface area contributed by atoms with Crippen LogP contribution in [0.5, 0.6) is 0 Å². The molecule has 0 aromatic heterocycles. The van der Waals surface area contributed by atoms with Crippen molar-refractivity contribution < 1.29 is 22.7 Å². The fraction of sp³-hybridized carbons (Fsp3) is 0.133. The van der Waals surface area contributed by atoms with E-state index >= 15 is 0 Å². The second kappa shape index (κ2) is 7.08. The Morgan fingerprint density at radius 1 is 1.22 bits per heavy atom. The van der Waals surface area contributed by atoms with Gasteiger partial charge in [0.15, 0.2) is 0 Å². The molecule has 8 heteroatoms. The van der Waals surface area contributed by atoms with E-state index in [-0.39, 0.29) is 6.54 Å². The van der Waals surface area contributed by atoms with Gasteiger partial charge in [0.1, 0.15) is 10.7 Å². The molecule has 0 aliphatic heterocycles. The molecule has 0 heterocycles. The first-order valence-corrected chi connectivity index (χ1v) is 8.41. The van der Waals surface area contributed by atoms with Crippen molar-refractivity contribution in [2.45, 2.75) is 11.3 Å². The predicted molar refractivity (Wildman–Crippen MR) is 81.1 cm³/mol. The van der Waals surface area contributed by atoms with Gasteiger partial charge in [-0.1, -0.05) is 29.8 Å². The van der Waals surface area contributed by atoms with E-state index in [2.05, 4.69) is 4.72 Å². The van der Waals surface area contributed by atoms with Crippen LogP contribution in [0.25, 0.3) is 0 Å². The number of carboxylic acids is 1. The average Bonchev–Trinajstić information content (AvgIpc) is 2.47. The smallest absolute Gasteiger partial charge is 0.243 e. The molecular weight excluding hydrogens is 345 g/mol. The summed E-state index contributed by atoms with van der Waals surface area (Å²) in [6, 6.07) is 9.33. The quantitative estimate of drug-likeness (QED) is 0.846. The topological polar surface area (TPSA) is 86.3 Å². The Morgan fingerprint density at radius 2 is 1.96 bits per heavy atom. The molecule has 0 unspecified atom stereocenters. The molecule has 0 saturated carbocycles. The summed E-state index contributed by atoms with van der Waals surface area (Å²) in [6.45, 7) is 0.0116. The third kappa shape index (κ3) is 4.51. The van der Waals surface area contributed by atoms with Crippen LogP contribution in [-0.2, 0) is 16.4 Å². The molecule has 122 valence electrons. The van der Waals surface area contributed by atoms with Gasteiger partial charge in [0, 0.05) is 11.6 Å². The van der Waals surface area contributed by atoms with Gasteiger partial charge >= 0.3 is 0 Å². The molecule has 0 saturated heterocycles. The van der Waals surface area contributed by atoms with Crippen molar-refractivity contribution in [3.8, 4) is 0 Å². The van der Waals surface area contributed by atoms with Gasteiger partial charge in [-0.15, -0.1) is 0 Å². The van der Waals surface area contributed by atoms with Crippen molar-refractivity contribution in [2.24, 2.45) is 0 Å². The highest BCUT2D eigenvalue weighted by molar-refractivity contribution is 7.89. The van der Waals surface area contributed by atoms with E-state index in [1.54, 1.807) is 24.3 Å². The van der Waals surface area contributed by atoms with Crippen LogP contribution in [0.15, 0.2) is 47.4 Å². The Balaban J connectivity index is 2.13. The number of carbonyl (C=O) groups is 1. The summed E-state index contributed by atoms with van der Waals surface area (Å²) in [4.78, 5) is 10.0. The van der Waals surface area contributed by atoms with E-state index in [9.17, 15) is 22.7 Å². The second-order valence-electron chi connectivity index (χ2n) is 4.71. The van der Waals surface area contributed by atoms with E-state index in [0.717, 1.165) is 23.8 Å². The molecule has 1 N–H and O–H groups in total. The van der Waals surface area contributed by atoms with Crippen molar-refractivity contribution in [2.75, 3.05) is 6.54 Å². The molecule has 0 fully saturated rings. The summed E-state index contributed by atoms with van der Waals surface area (Å²) >= 11 is 5.83. The predicted octanol–water partition coefficient (Wildman–Crippen LogP) is 1.36. The van der Waals surface area contributed by atoms with Crippen LogP contribution in [0.3, 0.4) is 0 Å². The zero-order valence-corrected chi connectivity index (χ0v) is 13.3. The van der Waals surface area contributed by atoms with Gasteiger partial charge in [-0.3, -0.25) is 0 Å². The van der Waals surface area contributed by atoms with Crippen LogP contribution in [0, 0.1) is 5.82 Å². The zero-order chi connectivity index (χ0) is 17.0. The van der Waals surface area contributed by atoms with Gasteiger partial charge in [0.05, 0.1) is 5.97 Å². The number of carboxylic acid groups (broad SMARTS) is 1. The van der Waals surface area contributed by atoms with Gasteiger partial charge < -0.3 is 9.90 Å². The molecule has 2 aromatic rings. The summed E-state index contributed by atoms with van der Waals surface area (Å²) in [5.74, 6) is -2.62. The van der Waals surface area contributed by atoms with E-state index < -0.39 is 32.3 Å². The summed E-state index contributed by atoms with van der Waals surface area (Å²) in [5, 5.41) is 11.3. The zero-order valence-electron chi connectivity index (χ0n) is 11.8. The standard InChI is InChI=1S/C15H13ClFNO4S/c16-12-3-1-2-10(8-12)6-7-18-23(21,22)14-9-11(15(19)20)4-5-13(14)17/h1-5,8-9,18H,6-7H2,(H,19,20)/p-1. The van der Waals surface area contributed by atoms with Crippen LogP contribution in [-0.4, -0.2) is 20.9 Å². The molecule has 23 heavy (non-hydrogen) atoms. The number of halogens is 2. The summed E-state index contributed by atoms with van der Waals surface area (Å²) in [7, 11) is -4.18. The second-order valence-corrected chi connectivity index (χ2v) is 6.88. The molecule has 0 amide bonds. The summed E-state index contributed by atoms with van der Waals surface area (Å²) in [6.07, 6.45) is 0.349. The van der Waals surface area contributed by atoms with Crippen LogP contribution >= 0.6 is 11.6 Å². The van der Waals surface area contributed by atoms with Gasteiger partial charge in [0.25, 0.3) is 0 Å². The molecule has 2 rings (SSSR count). The number of sulfonamides is 1. The highest BCUT2D eigenvalue weighted by Gasteiger charge is 2.19. The van der Waals surface area contributed by atoms with Gasteiger partial charge in [-0.05, 0) is 41.8 Å². The maximum absolute atomic E-state index is 13.7. The number of nitrogens with one attached hydrogen (secondary N) is 1. The fourth-order valence-corrected chi connectivity index (χ4v) is 3.28. The molecule has 5 nitrogen and oxygen atoms in total.